The summed E-state index contributed by atoms with van der Waals surface area (Å²) in [6, 6.07) is 6.79. The second kappa shape index (κ2) is 8.77. The van der Waals surface area contributed by atoms with Gasteiger partial charge in [0.2, 0.25) is 5.91 Å². The fraction of sp³-hybridized carbons (Fsp3) is 0.389. The van der Waals surface area contributed by atoms with Crippen molar-refractivity contribution in [1.82, 2.24) is 10.2 Å². The summed E-state index contributed by atoms with van der Waals surface area (Å²) in [7, 11) is 3.26. The molecule has 1 aromatic carbocycles. The van der Waals surface area contributed by atoms with Gasteiger partial charge in [0.05, 0.1) is 18.2 Å². The molecule has 1 heterocycles. The predicted molar refractivity (Wildman–Crippen MR) is 103 cm³/mol. The molecule has 1 aromatic rings. The highest BCUT2D eigenvalue weighted by molar-refractivity contribution is 7.80. The van der Waals surface area contributed by atoms with Crippen LogP contribution >= 0.6 is 12.2 Å². The molecule has 140 valence electrons. The first kappa shape index (κ1) is 19.9. The number of nitrogens with zero attached hydrogens (tertiary/aromatic N) is 1. The molecular formula is C18H23N3O4S. The molecule has 0 saturated heterocycles. The van der Waals surface area contributed by atoms with Crippen LogP contribution in [0.4, 0.5) is 5.69 Å². The SMILES string of the molecule is CCOC(=O)C1=C(C)N(C)C(=S)NC1c1ccc(NC(=O)COC)cc1. The highest BCUT2D eigenvalue weighted by atomic mass is 32.1. The number of hydrogen-bond acceptors (Lipinski definition) is 5. The molecule has 2 N–H and O–H groups in total. The molecule has 0 bridgehead atoms. The van der Waals surface area contributed by atoms with E-state index in [9.17, 15) is 9.59 Å². The van der Waals surface area contributed by atoms with E-state index in [0.29, 0.717) is 23.0 Å². The summed E-state index contributed by atoms with van der Waals surface area (Å²) in [5.41, 5.74) is 2.74. The minimum atomic E-state index is -0.415. The fourth-order valence-corrected chi connectivity index (χ4v) is 2.90. The maximum absolute atomic E-state index is 12.5. The lowest BCUT2D eigenvalue weighted by molar-refractivity contribution is -0.139. The minimum absolute atomic E-state index is 0.0124. The number of rotatable bonds is 6. The quantitative estimate of drug-likeness (QED) is 0.579. The molecule has 0 fully saturated rings. The minimum Gasteiger partial charge on any atom is -0.463 e. The van der Waals surface area contributed by atoms with Crippen LogP contribution in [-0.4, -0.2) is 49.3 Å². The molecule has 26 heavy (non-hydrogen) atoms. The van der Waals surface area contributed by atoms with Crippen molar-refractivity contribution in [1.29, 1.82) is 0 Å². The van der Waals surface area contributed by atoms with Crippen LogP contribution in [0, 0.1) is 0 Å². The summed E-state index contributed by atoms with van der Waals surface area (Å²) in [6.45, 7) is 3.89. The third-order valence-corrected chi connectivity index (χ3v) is 4.44. The van der Waals surface area contributed by atoms with Gasteiger partial charge in [0.1, 0.15) is 6.61 Å². The van der Waals surface area contributed by atoms with E-state index < -0.39 is 6.04 Å². The third-order valence-electron chi connectivity index (χ3n) is 4.05. The molecule has 0 saturated carbocycles. The number of carbonyl (C=O) groups is 2. The Morgan fingerprint density at radius 2 is 1.96 bits per heavy atom. The Morgan fingerprint density at radius 1 is 1.31 bits per heavy atom. The van der Waals surface area contributed by atoms with Gasteiger partial charge in [0.15, 0.2) is 5.11 Å². The molecular weight excluding hydrogens is 354 g/mol. The normalized spacial score (nSPS) is 17.0. The molecule has 0 aliphatic carbocycles. The Balaban J connectivity index is 2.30. The second-order valence-corrected chi connectivity index (χ2v) is 6.15. The van der Waals surface area contributed by atoms with Crippen molar-refractivity contribution in [2.45, 2.75) is 19.9 Å². The summed E-state index contributed by atoms with van der Waals surface area (Å²) in [6.07, 6.45) is 0. The zero-order chi connectivity index (χ0) is 19.3. The lowest BCUT2D eigenvalue weighted by atomic mass is 9.95. The molecule has 8 heteroatoms. The Hall–Kier alpha value is -2.45. The van der Waals surface area contributed by atoms with Gasteiger partial charge in [-0.05, 0) is 43.8 Å². The van der Waals surface area contributed by atoms with Crippen molar-refractivity contribution in [3.8, 4) is 0 Å². The van der Waals surface area contributed by atoms with Crippen molar-refractivity contribution in [3.63, 3.8) is 0 Å². The number of esters is 1. The Bertz CT molecular complexity index is 730. The van der Waals surface area contributed by atoms with Crippen LogP contribution in [0.25, 0.3) is 0 Å². The van der Waals surface area contributed by atoms with Crippen LogP contribution < -0.4 is 10.6 Å². The topological polar surface area (TPSA) is 79.9 Å². The largest absolute Gasteiger partial charge is 0.463 e. The van der Waals surface area contributed by atoms with Crippen LogP contribution in [0.15, 0.2) is 35.5 Å². The van der Waals surface area contributed by atoms with Gasteiger partial charge < -0.3 is 25.0 Å². The number of methoxy groups -OCH3 is 1. The first-order valence-electron chi connectivity index (χ1n) is 8.19. The average molecular weight is 377 g/mol. The molecule has 0 radical (unpaired) electrons. The molecule has 1 aliphatic heterocycles. The van der Waals surface area contributed by atoms with E-state index in [1.807, 2.05) is 19.1 Å². The van der Waals surface area contributed by atoms with Crippen LogP contribution in [-0.2, 0) is 19.1 Å². The van der Waals surface area contributed by atoms with Crippen LogP contribution in [0.2, 0.25) is 0 Å². The average Bonchev–Trinajstić information content (AvgIpc) is 2.60. The molecule has 2 rings (SSSR count). The molecule has 0 aromatic heterocycles. The number of nitrogens with one attached hydrogen (secondary N) is 2. The van der Waals surface area contributed by atoms with Gasteiger partial charge in [0.25, 0.3) is 0 Å². The van der Waals surface area contributed by atoms with Crippen molar-refractivity contribution in [2.75, 3.05) is 32.7 Å². The first-order valence-corrected chi connectivity index (χ1v) is 8.60. The number of allylic oxidation sites excluding steroid dienone is 1. The first-order chi connectivity index (χ1) is 12.4. The van der Waals surface area contributed by atoms with E-state index >= 15 is 0 Å². The van der Waals surface area contributed by atoms with Crippen LogP contribution in [0.1, 0.15) is 25.5 Å². The molecule has 1 aliphatic rings. The van der Waals surface area contributed by atoms with E-state index in [-0.39, 0.29) is 18.5 Å². The summed E-state index contributed by atoms with van der Waals surface area (Å²) in [4.78, 5) is 25.8. The number of anilines is 1. The summed E-state index contributed by atoms with van der Waals surface area (Å²) in [5, 5.41) is 6.43. The zero-order valence-electron chi connectivity index (χ0n) is 15.3. The predicted octanol–water partition coefficient (Wildman–Crippen LogP) is 1.97. The van der Waals surface area contributed by atoms with Crippen molar-refractivity contribution in [3.05, 3.63) is 41.1 Å². The zero-order valence-corrected chi connectivity index (χ0v) is 16.1. The molecule has 1 atom stereocenters. The molecule has 1 unspecified atom stereocenters. The molecule has 7 nitrogen and oxygen atoms in total. The standard InChI is InChI=1S/C18H23N3O4S/c1-5-25-17(23)15-11(2)21(3)18(26)20-16(15)12-6-8-13(9-7-12)19-14(22)10-24-4/h6-9,16H,5,10H2,1-4H3,(H,19,22)(H,20,26). The van der Waals surface area contributed by atoms with Crippen LogP contribution in [0.3, 0.4) is 0 Å². The Kier molecular flexibility index (Phi) is 6.70. The Labute approximate surface area is 158 Å². The van der Waals surface area contributed by atoms with Gasteiger partial charge in [-0.3, -0.25) is 4.79 Å². The smallest absolute Gasteiger partial charge is 0.338 e. The van der Waals surface area contributed by atoms with Gasteiger partial charge >= 0.3 is 5.97 Å². The monoisotopic (exact) mass is 377 g/mol. The number of ether oxygens (including phenoxy) is 2. The maximum atomic E-state index is 12.5. The summed E-state index contributed by atoms with van der Waals surface area (Å²) in [5.74, 6) is -0.615. The van der Waals surface area contributed by atoms with Crippen molar-refractivity contribution < 1.29 is 19.1 Å². The Morgan fingerprint density at radius 3 is 2.54 bits per heavy atom. The highest BCUT2D eigenvalue weighted by Crippen LogP contribution is 2.31. The van der Waals surface area contributed by atoms with Gasteiger partial charge in [-0.15, -0.1) is 0 Å². The number of hydrogen-bond donors (Lipinski definition) is 2. The number of thiocarbonyl (C=S) groups is 1. The lowest BCUT2D eigenvalue weighted by Crippen LogP contribution is -2.46. The van der Waals surface area contributed by atoms with Gasteiger partial charge in [-0.1, -0.05) is 12.1 Å². The van der Waals surface area contributed by atoms with Gasteiger partial charge in [0, 0.05) is 25.5 Å². The van der Waals surface area contributed by atoms with E-state index in [1.54, 1.807) is 31.0 Å². The summed E-state index contributed by atoms with van der Waals surface area (Å²) < 4.78 is 10.0. The van der Waals surface area contributed by atoms with E-state index in [0.717, 1.165) is 11.3 Å². The second-order valence-electron chi connectivity index (χ2n) is 5.76. The van der Waals surface area contributed by atoms with Crippen LogP contribution in [0.5, 0.6) is 0 Å². The van der Waals surface area contributed by atoms with E-state index in [2.05, 4.69) is 10.6 Å². The number of benzene rings is 1. The van der Waals surface area contributed by atoms with Gasteiger partial charge in [-0.2, -0.15) is 0 Å². The summed E-state index contributed by atoms with van der Waals surface area (Å²) >= 11 is 5.36. The van der Waals surface area contributed by atoms with Gasteiger partial charge in [-0.25, -0.2) is 4.79 Å². The molecule has 0 spiro atoms. The third kappa shape index (κ3) is 4.39. The molecule has 1 amide bonds. The van der Waals surface area contributed by atoms with E-state index in [1.165, 1.54) is 7.11 Å². The number of amides is 1. The highest BCUT2D eigenvalue weighted by Gasteiger charge is 2.33. The fourth-order valence-electron chi connectivity index (χ4n) is 2.65. The maximum Gasteiger partial charge on any atom is 0.338 e. The number of carbonyl (C=O) groups excluding carboxylic acids is 2. The van der Waals surface area contributed by atoms with Crippen molar-refractivity contribution >= 4 is 34.9 Å². The lowest BCUT2D eigenvalue weighted by Gasteiger charge is -2.35. The van der Waals surface area contributed by atoms with E-state index in [4.69, 9.17) is 21.7 Å². The van der Waals surface area contributed by atoms with Crippen molar-refractivity contribution in [2.24, 2.45) is 0 Å².